The Kier molecular flexibility index (Phi) is 4.26. The minimum absolute atomic E-state index is 0.237. The van der Waals surface area contributed by atoms with Crippen LogP contribution in [0.15, 0.2) is 46.0 Å². The molecule has 3 aromatic rings. The van der Waals surface area contributed by atoms with Gasteiger partial charge in [0.25, 0.3) is 0 Å². The molecule has 3 rings (SSSR count). The number of nitrogens with zero attached hydrogens (tertiary/aromatic N) is 4. The first-order valence-corrected chi connectivity index (χ1v) is 7.10. The summed E-state index contributed by atoms with van der Waals surface area (Å²) in [6.07, 6.45) is 1.63. The van der Waals surface area contributed by atoms with Crippen LogP contribution in [0.3, 0.4) is 0 Å². The van der Waals surface area contributed by atoms with Crippen molar-refractivity contribution in [2.24, 2.45) is 10.8 Å². The molecule has 25 heavy (non-hydrogen) atoms. The monoisotopic (exact) mass is 335 g/mol. The maximum atomic E-state index is 8.91. The molecule has 0 aliphatic rings. The summed E-state index contributed by atoms with van der Waals surface area (Å²) < 4.78 is 10.9. The second-order valence-corrected chi connectivity index (χ2v) is 4.86. The number of nitriles is 1. The van der Waals surface area contributed by atoms with Gasteiger partial charge in [0.05, 0.1) is 12.8 Å². The molecule has 0 atom stereocenters. The Morgan fingerprint density at radius 3 is 2.96 bits per heavy atom. The van der Waals surface area contributed by atoms with E-state index >= 15 is 0 Å². The molecule has 2 heterocycles. The Balaban J connectivity index is 2.00. The molecule has 0 radical (unpaired) electrons. The van der Waals surface area contributed by atoms with E-state index in [-0.39, 0.29) is 5.71 Å². The third-order valence-electron chi connectivity index (χ3n) is 3.26. The average molecular weight is 335 g/mol. The van der Waals surface area contributed by atoms with E-state index in [0.29, 0.717) is 34.1 Å². The van der Waals surface area contributed by atoms with E-state index in [1.54, 1.807) is 42.6 Å². The molecule has 4 N–H and O–H groups in total. The van der Waals surface area contributed by atoms with Crippen LogP contribution in [0.5, 0.6) is 5.75 Å². The van der Waals surface area contributed by atoms with Gasteiger partial charge in [-0.1, -0.05) is 0 Å². The van der Waals surface area contributed by atoms with E-state index in [1.165, 1.54) is 7.11 Å². The Morgan fingerprint density at radius 2 is 2.28 bits per heavy atom. The lowest BCUT2D eigenvalue weighted by molar-refractivity contribution is 0.416. The number of oxazole rings is 1. The fraction of sp³-hybridized carbons (Fsp3) is 0.0625. The first kappa shape index (κ1) is 15.9. The third-order valence-corrected chi connectivity index (χ3v) is 3.26. The Morgan fingerprint density at radius 1 is 1.44 bits per heavy atom. The Bertz CT molecular complexity index is 984. The maximum Gasteiger partial charge on any atom is 0.228 e. The quantitative estimate of drug-likeness (QED) is 0.367. The van der Waals surface area contributed by atoms with Gasteiger partial charge in [-0.25, -0.2) is 4.98 Å². The molecule has 2 aromatic heterocycles. The van der Waals surface area contributed by atoms with E-state index in [1.807, 2.05) is 0 Å². The SMILES string of the molecule is COc1ccc(-c2nc3ncccc3o2)cc1N/N=C(\C#N)C(=N)N. The van der Waals surface area contributed by atoms with Crippen LogP contribution < -0.4 is 15.9 Å². The number of aromatic nitrogens is 2. The molecule has 0 amide bonds. The lowest BCUT2D eigenvalue weighted by Crippen LogP contribution is -2.21. The van der Waals surface area contributed by atoms with Gasteiger partial charge >= 0.3 is 0 Å². The largest absolute Gasteiger partial charge is 0.495 e. The summed E-state index contributed by atoms with van der Waals surface area (Å²) in [6.45, 7) is 0. The molecular weight excluding hydrogens is 322 g/mol. The highest BCUT2D eigenvalue weighted by Crippen LogP contribution is 2.31. The highest BCUT2D eigenvalue weighted by Gasteiger charge is 2.12. The number of anilines is 1. The maximum absolute atomic E-state index is 8.91. The molecule has 0 bridgehead atoms. The van der Waals surface area contributed by atoms with E-state index in [4.69, 9.17) is 25.6 Å². The molecule has 0 saturated carbocycles. The van der Waals surface area contributed by atoms with Gasteiger partial charge < -0.3 is 14.9 Å². The number of hydrogen-bond donors (Lipinski definition) is 3. The zero-order chi connectivity index (χ0) is 17.8. The van der Waals surface area contributed by atoms with Crippen molar-refractivity contribution in [2.75, 3.05) is 12.5 Å². The second-order valence-electron chi connectivity index (χ2n) is 4.86. The molecule has 0 unspecified atom stereocenters. The predicted octanol–water partition coefficient (Wildman–Crippen LogP) is 2.13. The van der Waals surface area contributed by atoms with Crippen LogP contribution >= 0.6 is 0 Å². The number of nitrogens with two attached hydrogens (primary N) is 1. The van der Waals surface area contributed by atoms with Crippen molar-refractivity contribution < 1.29 is 9.15 Å². The summed E-state index contributed by atoms with van der Waals surface area (Å²) in [5, 5.41) is 20.0. The van der Waals surface area contributed by atoms with Crippen molar-refractivity contribution >= 4 is 28.5 Å². The van der Waals surface area contributed by atoms with Crippen molar-refractivity contribution in [1.29, 1.82) is 10.7 Å². The lowest BCUT2D eigenvalue weighted by Gasteiger charge is -2.09. The van der Waals surface area contributed by atoms with Crippen LogP contribution in [0.25, 0.3) is 22.7 Å². The summed E-state index contributed by atoms with van der Waals surface area (Å²) >= 11 is 0. The summed E-state index contributed by atoms with van der Waals surface area (Å²) in [5.74, 6) is 0.438. The number of rotatable bonds is 5. The molecular formula is C16H13N7O2. The molecule has 0 fully saturated rings. The van der Waals surface area contributed by atoms with Crippen LogP contribution in [0.1, 0.15) is 0 Å². The highest BCUT2D eigenvalue weighted by molar-refractivity contribution is 6.45. The van der Waals surface area contributed by atoms with Crippen LogP contribution in [-0.2, 0) is 0 Å². The first-order valence-electron chi connectivity index (χ1n) is 7.10. The van der Waals surface area contributed by atoms with Gasteiger partial charge in [-0.2, -0.15) is 15.3 Å². The number of ether oxygens (including phenoxy) is 1. The Hall–Kier alpha value is -3.93. The van der Waals surface area contributed by atoms with Crippen molar-refractivity contribution in [2.45, 2.75) is 0 Å². The van der Waals surface area contributed by atoms with Crippen LogP contribution in [-0.4, -0.2) is 28.6 Å². The molecule has 0 aliphatic carbocycles. The predicted molar refractivity (Wildman–Crippen MR) is 92.4 cm³/mol. The number of benzene rings is 1. The number of hydrogen-bond acceptors (Lipinski definition) is 8. The van der Waals surface area contributed by atoms with Gasteiger partial charge in [0.2, 0.25) is 11.6 Å². The number of amidine groups is 1. The topological polar surface area (TPSA) is 146 Å². The molecule has 0 saturated heterocycles. The van der Waals surface area contributed by atoms with Crippen molar-refractivity contribution in [1.82, 2.24) is 9.97 Å². The number of pyridine rings is 1. The summed E-state index contributed by atoms with van der Waals surface area (Å²) in [7, 11) is 1.50. The van der Waals surface area contributed by atoms with Crippen LogP contribution in [0.4, 0.5) is 5.69 Å². The summed E-state index contributed by atoms with van der Waals surface area (Å²) in [4.78, 5) is 8.46. The summed E-state index contributed by atoms with van der Waals surface area (Å²) in [6, 6.07) is 10.4. The molecule has 124 valence electrons. The van der Waals surface area contributed by atoms with Crippen molar-refractivity contribution in [3.05, 3.63) is 36.5 Å². The van der Waals surface area contributed by atoms with Gasteiger partial charge in [-0.15, -0.1) is 0 Å². The van der Waals surface area contributed by atoms with Gasteiger partial charge in [0.1, 0.15) is 11.8 Å². The summed E-state index contributed by atoms with van der Waals surface area (Å²) in [5.41, 5.74) is 9.91. The van der Waals surface area contributed by atoms with Gasteiger partial charge in [0, 0.05) is 11.8 Å². The van der Waals surface area contributed by atoms with E-state index < -0.39 is 5.84 Å². The third kappa shape index (κ3) is 3.23. The van der Waals surface area contributed by atoms with Gasteiger partial charge in [-0.05, 0) is 30.3 Å². The van der Waals surface area contributed by atoms with E-state index in [0.717, 1.165) is 0 Å². The number of fused-ring (bicyclic) bond motifs is 1. The molecule has 1 aromatic carbocycles. The Labute approximate surface area is 142 Å². The van der Waals surface area contributed by atoms with Crippen LogP contribution in [0.2, 0.25) is 0 Å². The average Bonchev–Trinajstić information content (AvgIpc) is 3.06. The molecule has 0 spiro atoms. The van der Waals surface area contributed by atoms with Crippen molar-refractivity contribution in [3.8, 4) is 23.3 Å². The normalized spacial score (nSPS) is 11.1. The fourth-order valence-electron chi connectivity index (χ4n) is 2.08. The first-order chi connectivity index (χ1) is 12.1. The number of methoxy groups -OCH3 is 1. The van der Waals surface area contributed by atoms with Gasteiger partial charge in [0.15, 0.2) is 17.1 Å². The van der Waals surface area contributed by atoms with E-state index in [9.17, 15) is 0 Å². The molecule has 9 heteroatoms. The zero-order valence-electron chi connectivity index (χ0n) is 13.1. The fourth-order valence-corrected chi connectivity index (χ4v) is 2.08. The minimum atomic E-state index is -0.435. The van der Waals surface area contributed by atoms with E-state index in [2.05, 4.69) is 20.5 Å². The number of hydrazone groups is 1. The second kappa shape index (κ2) is 6.67. The zero-order valence-corrected chi connectivity index (χ0v) is 13.1. The van der Waals surface area contributed by atoms with Crippen molar-refractivity contribution in [3.63, 3.8) is 0 Å². The highest BCUT2D eigenvalue weighted by atomic mass is 16.5. The number of nitrogens with one attached hydrogen (secondary N) is 2. The minimum Gasteiger partial charge on any atom is -0.495 e. The standard InChI is InChI=1S/C16H13N7O2/c1-24-12-5-4-9(7-10(12)22-23-11(8-17)14(18)19)16-21-15-13(25-16)3-2-6-20-15/h2-7,22H,1H3,(H3,18,19)/b23-11+. The lowest BCUT2D eigenvalue weighted by atomic mass is 10.2. The van der Waals surface area contributed by atoms with Gasteiger partial charge in [-0.3, -0.25) is 10.8 Å². The molecule has 0 aliphatic heterocycles. The smallest absolute Gasteiger partial charge is 0.228 e. The van der Waals surface area contributed by atoms with Crippen LogP contribution in [0, 0.1) is 16.7 Å². The molecule has 9 nitrogen and oxygen atoms in total.